The van der Waals surface area contributed by atoms with E-state index in [1.54, 1.807) is 23.8 Å². The van der Waals surface area contributed by atoms with Crippen LogP contribution >= 0.6 is 11.8 Å². The van der Waals surface area contributed by atoms with E-state index in [4.69, 9.17) is 4.74 Å². The number of hydrogen-bond acceptors (Lipinski definition) is 5. The van der Waals surface area contributed by atoms with Crippen LogP contribution in [0.25, 0.3) is 5.69 Å². The molecule has 2 aromatic rings. The highest BCUT2D eigenvalue weighted by Crippen LogP contribution is 2.22. The highest BCUT2D eigenvalue weighted by molar-refractivity contribution is 7.99. The summed E-state index contributed by atoms with van der Waals surface area (Å²) < 4.78 is 32.0. The molecule has 0 spiro atoms. The number of ether oxygens (including phenoxy) is 1. The lowest BCUT2D eigenvalue weighted by molar-refractivity contribution is -0.130. The van der Waals surface area contributed by atoms with Gasteiger partial charge in [0.25, 0.3) is 6.43 Å². The second-order valence-electron chi connectivity index (χ2n) is 5.20. The number of alkyl halides is 2. The number of aromatic nitrogens is 3. The zero-order valence-electron chi connectivity index (χ0n) is 14.1. The summed E-state index contributed by atoms with van der Waals surface area (Å²) >= 11 is 1.17. The van der Waals surface area contributed by atoms with Crippen molar-refractivity contribution in [1.82, 2.24) is 19.7 Å². The van der Waals surface area contributed by atoms with Crippen LogP contribution < -0.4 is 4.74 Å². The summed E-state index contributed by atoms with van der Waals surface area (Å²) in [5.74, 6) is 0.418. The van der Waals surface area contributed by atoms with Crippen molar-refractivity contribution in [3.05, 3.63) is 30.6 Å². The lowest BCUT2D eigenvalue weighted by Crippen LogP contribution is -2.36. The van der Waals surface area contributed by atoms with Gasteiger partial charge in [-0.1, -0.05) is 18.7 Å². The minimum absolute atomic E-state index is 0.0293. The van der Waals surface area contributed by atoms with Gasteiger partial charge in [-0.3, -0.25) is 9.36 Å². The maximum absolute atomic E-state index is 12.6. The van der Waals surface area contributed by atoms with Gasteiger partial charge in [0.1, 0.15) is 12.1 Å². The van der Waals surface area contributed by atoms with Crippen molar-refractivity contribution < 1.29 is 18.3 Å². The molecule has 0 saturated heterocycles. The third kappa shape index (κ3) is 5.42. The van der Waals surface area contributed by atoms with E-state index in [2.05, 4.69) is 10.2 Å². The Kier molecular flexibility index (Phi) is 7.17. The minimum Gasteiger partial charge on any atom is -0.497 e. The van der Waals surface area contributed by atoms with Gasteiger partial charge < -0.3 is 9.64 Å². The van der Waals surface area contributed by atoms with E-state index in [1.165, 1.54) is 23.0 Å². The zero-order valence-corrected chi connectivity index (χ0v) is 14.9. The molecule has 1 amide bonds. The maximum Gasteiger partial charge on any atom is 0.255 e. The van der Waals surface area contributed by atoms with Gasteiger partial charge in [-0.15, -0.1) is 10.2 Å². The van der Waals surface area contributed by atoms with Crippen molar-refractivity contribution in [2.45, 2.75) is 24.9 Å². The van der Waals surface area contributed by atoms with E-state index in [9.17, 15) is 13.6 Å². The molecule has 0 N–H and O–H groups in total. The van der Waals surface area contributed by atoms with Crippen LogP contribution in [0.1, 0.15) is 13.3 Å². The fourth-order valence-corrected chi connectivity index (χ4v) is 3.05. The van der Waals surface area contributed by atoms with Gasteiger partial charge >= 0.3 is 0 Å². The predicted molar refractivity (Wildman–Crippen MR) is 91.5 cm³/mol. The van der Waals surface area contributed by atoms with Crippen LogP contribution in [0.15, 0.2) is 35.7 Å². The van der Waals surface area contributed by atoms with Crippen LogP contribution in [0, 0.1) is 0 Å². The number of methoxy groups -OCH3 is 1. The molecular formula is C16H20F2N4O2S. The molecule has 1 heterocycles. The van der Waals surface area contributed by atoms with E-state index < -0.39 is 13.0 Å². The third-order valence-corrected chi connectivity index (χ3v) is 4.32. The molecular weight excluding hydrogens is 350 g/mol. The highest BCUT2D eigenvalue weighted by Gasteiger charge is 2.19. The Labute approximate surface area is 149 Å². The predicted octanol–water partition coefficient (Wildman–Crippen LogP) is 2.87. The summed E-state index contributed by atoms with van der Waals surface area (Å²) in [5, 5.41) is 8.38. The second kappa shape index (κ2) is 9.36. The third-order valence-electron chi connectivity index (χ3n) is 3.40. The van der Waals surface area contributed by atoms with Crippen molar-refractivity contribution in [3.63, 3.8) is 0 Å². The summed E-state index contributed by atoms with van der Waals surface area (Å²) in [6.07, 6.45) is -0.369. The Morgan fingerprint density at radius 1 is 1.36 bits per heavy atom. The van der Waals surface area contributed by atoms with E-state index >= 15 is 0 Å². The fraction of sp³-hybridized carbons (Fsp3) is 0.438. The summed E-state index contributed by atoms with van der Waals surface area (Å²) in [4.78, 5) is 13.4. The molecule has 6 nitrogen and oxygen atoms in total. The van der Waals surface area contributed by atoms with Crippen molar-refractivity contribution in [2.24, 2.45) is 0 Å². The summed E-state index contributed by atoms with van der Waals surface area (Å²) in [6, 6.07) is 7.30. The summed E-state index contributed by atoms with van der Waals surface area (Å²) in [5.41, 5.74) is 0.818. The van der Waals surface area contributed by atoms with Crippen LogP contribution in [0.2, 0.25) is 0 Å². The molecule has 0 atom stereocenters. The van der Waals surface area contributed by atoms with Gasteiger partial charge in [0, 0.05) is 12.2 Å². The zero-order chi connectivity index (χ0) is 18.2. The Morgan fingerprint density at radius 3 is 2.68 bits per heavy atom. The molecule has 0 bridgehead atoms. The Morgan fingerprint density at radius 2 is 2.08 bits per heavy atom. The molecule has 0 saturated carbocycles. The van der Waals surface area contributed by atoms with Crippen molar-refractivity contribution in [3.8, 4) is 11.4 Å². The van der Waals surface area contributed by atoms with Crippen LogP contribution in [0.3, 0.4) is 0 Å². The summed E-state index contributed by atoms with van der Waals surface area (Å²) in [7, 11) is 1.59. The number of nitrogens with zero attached hydrogens (tertiary/aromatic N) is 4. The monoisotopic (exact) mass is 370 g/mol. The molecule has 1 aromatic carbocycles. The average molecular weight is 370 g/mol. The van der Waals surface area contributed by atoms with Crippen LogP contribution in [-0.2, 0) is 4.79 Å². The number of rotatable bonds is 9. The van der Waals surface area contributed by atoms with Crippen molar-refractivity contribution in [1.29, 1.82) is 0 Å². The first kappa shape index (κ1) is 19.2. The van der Waals surface area contributed by atoms with Crippen molar-refractivity contribution in [2.75, 3.05) is 26.0 Å². The van der Waals surface area contributed by atoms with Gasteiger partial charge in [-0.25, -0.2) is 8.78 Å². The first-order chi connectivity index (χ1) is 12.0. The number of hydrogen-bond donors (Lipinski definition) is 0. The molecule has 136 valence electrons. The van der Waals surface area contributed by atoms with Crippen LogP contribution in [-0.4, -0.2) is 57.9 Å². The van der Waals surface area contributed by atoms with E-state index in [0.717, 1.165) is 11.4 Å². The van der Waals surface area contributed by atoms with Gasteiger partial charge in [0.2, 0.25) is 5.91 Å². The Hall–Kier alpha value is -2.16. The lowest BCUT2D eigenvalue weighted by Gasteiger charge is -2.21. The molecule has 0 aliphatic heterocycles. The lowest BCUT2D eigenvalue weighted by atomic mass is 10.3. The smallest absolute Gasteiger partial charge is 0.255 e. The van der Waals surface area contributed by atoms with Crippen LogP contribution in [0.5, 0.6) is 5.75 Å². The van der Waals surface area contributed by atoms with Crippen molar-refractivity contribution >= 4 is 17.7 Å². The molecule has 0 unspecified atom stereocenters. The van der Waals surface area contributed by atoms with Gasteiger partial charge in [-0.05, 0) is 30.7 Å². The SMILES string of the molecule is CCCN(CC(F)F)C(=O)CSc1nncn1-c1ccc(OC)cc1. The minimum atomic E-state index is -2.54. The standard InChI is InChI=1S/C16H20F2N4O2S/c1-3-8-21(9-14(17)18)15(23)10-25-16-20-19-11-22(16)12-4-6-13(24-2)7-5-12/h4-7,11,14H,3,8-10H2,1-2H3. The van der Waals surface area contributed by atoms with E-state index in [0.29, 0.717) is 18.1 Å². The second-order valence-corrected chi connectivity index (χ2v) is 6.14. The first-order valence-corrected chi connectivity index (χ1v) is 8.76. The number of thioether (sulfide) groups is 1. The Bertz CT molecular complexity index is 679. The van der Waals surface area contributed by atoms with Gasteiger partial charge in [0.05, 0.1) is 19.4 Å². The number of amides is 1. The van der Waals surface area contributed by atoms with Crippen LogP contribution in [0.4, 0.5) is 8.78 Å². The molecule has 25 heavy (non-hydrogen) atoms. The summed E-state index contributed by atoms with van der Waals surface area (Å²) in [6.45, 7) is 1.62. The number of carbonyl (C=O) groups excluding carboxylic acids is 1. The Balaban J connectivity index is 2.03. The first-order valence-electron chi connectivity index (χ1n) is 7.78. The molecule has 0 radical (unpaired) electrons. The van der Waals surface area contributed by atoms with E-state index in [1.807, 2.05) is 19.1 Å². The number of benzene rings is 1. The van der Waals surface area contributed by atoms with E-state index in [-0.39, 0.29) is 11.7 Å². The molecule has 0 fully saturated rings. The average Bonchev–Trinajstić information content (AvgIpc) is 3.07. The fourth-order valence-electron chi connectivity index (χ4n) is 2.21. The largest absolute Gasteiger partial charge is 0.497 e. The molecule has 9 heteroatoms. The van der Waals surface area contributed by atoms with Gasteiger partial charge in [-0.2, -0.15) is 0 Å². The topological polar surface area (TPSA) is 60.2 Å². The number of halogens is 2. The molecule has 0 aliphatic rings. The number of carbonyl (C=O) groups is 1. The molecule has 2 rings (SSSR count). The molecule has 0 aliphatic carbocycles. The van der Waals surface area contributed by atoms with Gasteiger partial charge in [0.15, 0.2) is 5.16 Å². The molecule has 1 aromatic heterocycles. The maximum atomic E-state index is 12.6. The normalized spacial score (nSPS) is 10.9. The highest BCUT2D eigenvalue weighted by atomic mass is 32.2. The quantitative estimate of drug-likeness (QED) is 0.635.